The first-order valence-electron chi connectivity index (χ1n) is 5.70. The Morgan fingerprint density at radius 1 is 1.39 bits per heavy atom. The molecule has 1 fully saturated rings. The van der Waals surface area contributed by atoms with Gasteiger partial charge in [-0.05, 0) is 19.1 Å². The van der Waals surface area contributed by atoms with Crippen molar-refractivity contribution in [1.82, 2.24) is 4.98 Å². The highest BCUT2D eigenvalue weighted by atomic mass is 16.5. The molecule has 98 valence electrons. The molecule has 6 nitrogen and oxygen atoms in total. The van der Waals surface area contributed by atoms with Crippen LogP contribution >= 0.6 is 0 Å². The summed E-state index contributed by atoms with van der Waals surface area (Å²) in [5, 5.41) is 19.0. The molecule has 2 rings (SSSR count). The Bertz CT molecular complexity index is 453. The van der Waals surface area contributed by atoms with Gasteiger partial charge < -0.3 is 19.8 Å². The lowest BCUT2D eigenvalue weighted by Gasteiger charge is -2.17. The molecule has 0 aliphatic carbocycles. The SMILES string of the molecule is COC(=O)c1ccc(N2CC(O)C(O)C2)nc1C. The Morgan fingerprint density at radius 3 is 2.50 bits per heavy atom. The zero-order valence-corrected chi connectivity index (χ0v) is 10.3. The summed E-state index contributed by atoms with van der Waals surface area (Å²) in [6.07, 6.45) is -1.51. The molecular formula is C12H16N2O4. The fraction of sp³-hybridized carbons (Fsp3) is 0.500. The van der Waals surface area contributed by atoms with Crippen LogP contribution in [0.4, 0.5) is 5.82 Å². The first-order valence-corrected chi connectivity index (χ1v) is 5.70. The summed E-state index contributed by atoms with van der Waals surface area (Å²) < 4.78 is 4.64. The van der Waals surface area contributed by atoms with Crippen LogP contribution in [0.1, 0.15) is 16.1 Å². The van der Waals surface area contributed by atoms with Crippen molar-refractivity contribution in [2.45, 2.75) is 19.1 Å². The van der Waals surface area contributed by atoms with Gasteiger partial charge in [0.05, 0.1) is 30.6 Å². The van der Waals surface area contributed by atoms with Gasteiger partial charge in [-0.25, -0.2) is 9.78 Å². The minimum absolute atomic E-state index is 0.338. The topological polar surface area (TPSA) is 82.9 Å². The van der Waals surface area contributed by atoms with E-state index in [9.17, 15) is 15.0 Å². The third kappa shape index (κ3) is 2.30. The molecule has 0 saturated carbocycles. The summed E-state index contributed by atoms with van der Waals surface area (Å²) in [7, 11) is 1.32. The van der Waals surface area contributed by atoms with E-state index in [-0.39, 0.29) is 0 Å². The lowest BCUT2D eigenvalue weighted by molar-refractivity contribution is 0.0572. The molecule has 0 spiro atoms. The van der Waals surface area contributed by atoms with Crippen molar-refractivity contribution in [1.29, 1.82) is 0 Å². The van der Waals surface area contributed by atoms with Crippen molar-refractivity contribution < 1.29 is 19.7 Å². The van der Waals surface area contributed by atoms with Gasteiger partial charge in [-0.15, -0.1) is 0 Å². The number of aliphatic hydroxyl groups excluding tert-OH is 2. The molecule has 2 atom stereocenters. The normalized spacial score (nSPS) is 23.2. The summed E-state index contributed by atoms with van der Waals surface area (Å²) in [4.78, 5) is 17.5. The Labute approximate surface area is 105 Å². The number of ether oxygens (including phenoxy) is 1. The number of aliphatic hydroxyl groups is 2. The van der Waals surface area contributed by atoms with Crippen LogP contribution < -0.4 is 4.90 Å². The molecule has 2 N–H and O–H groups in total. The molecule has 1 saturated heterocycles. The molecule has 2 unspecified atom stereocenters. The van der Waals surface area contributed by atoms with E-state index in [4.69, 9.17) is 0 Å². The van der Waals surface area contributed by atoms with Crippen LogP contribution in [0.3, 0.4) is 0 Å². The summed E-state index contributed by atoms with van der Waals surface area (Å²) in [5.41, 5.74) is 0.983. The number of aromatic nitrogens is 1. The summed E-state index contributed by atoms with van der Waals surface area (Å²) in [6.45, 7) is 2.40. The zero-order valence-electron chi connectivity index (χ0n) is 10.3. The lowest BCUT2D eigenvalue weighted by atomic mass is 10.2. The van der Waals surface area contributed by atoms with Crippen LogP contribution in [0.25, 0.3) is 0 Å². The van der Waals surface area contributed by atoms with E-state index in [0.29, 0.717) is 30.2 Å². The monoisotopic (exact) mass is 252 g/mol. The Hall–Kier alpha value is -1.66. The van der Waals surface area contributed by atoms with Crippen LogP contribution in [-0.2, 0) is 4.74 Å². The van der Waals surface area contributed by atoms with E-state index < -0.39 is 18.2 Å². The highest BCUT2D eigenvalue weighted by Gasteiger charge is 2.30. The molecule has 0 radical (unpaired) electrons. The molecule has 0 amide bonds. The second kappa shape index (κ2) is 4.91. The maximum Gasteiger partial charge on any atom is 0.339 e. The number of nitrogens with zero attached hydrogens (tertiary/aromatic N) is 2. The first-order chi connectivity index (χ1) is 8.52. The molecule has 0 aromatic carbocycles. The third-order valence-electron chi connectivity index (χ3n) is 3.06. The summed E-state index contributed by atoms with van der Waals surface area (Å²) >= 11 is 0. The van der Waals surface area contributed by atoms with E-state index >= 15 is 0 Å². The smallest absolute Gasteiger partial charge is 0.339 e. The number of carbonyl (C=O) groups is 1. The molecule has 2 heterocycles. The molecule has 1 aromatic rings. The first kappa shape index (κ1) is 12.8. The molecule has 0 bridgehead atoms. The Balaban J connectivity index is 2.22. The van der Waals surface area contributed by atoms with Gasteiger partial charge in [0.1, 0.15) is 5.82 Å². The predicted molar refractivity (Wildman–Crippen MR) is 64.5 cm³/mol. The number of pyridine rings is 1. The molecule has 1 aliphatic rings. The highest BCUT2D eigenvalue weighted by molar-refractivity contribution is 5.90. The lowest BCUT2D eigenvalue weighted by Crippen LogP contribution is -2.22. The van der Waals surface area contributed by atoms with Crippen molar-refractivity contribution in [3.8, 4) is 0 Å². The van der Waals surface area contributed by atoms with Crippen molar-refractivity contribution >= 4 is 11.8 Å². The maximum absolute atomic E-state index is 11.4. The van der Waals surface area contributed by atoms with Crippen LogP contribution in [0.15, 0.2) is 12.1 Å². The molecule has 1 aliphatic heterocycles. The minimum Gasteiger partial charge on any atom is -0.465 e. The van der Waals surface area contributed by atoms with Crippen LogP contribution in [0.5, 0.6) is 0 Å². The minimum atomic E-state index is -0.757. The van der Waals surface area contributed by atoms with Gasteiger partial charge in [0.2, 0.25) is 0 Å². The summed E-state index contributed by atoms with van der Waals surface area (Å²) in [6, 6.07) is 3.32. The van der Waals surface area contributed by atoms with Crippen molar-refractivity contribution in [3.63, 3.8) is 0 Å². The van der Waals surface area contributed by atoms with Gasteiger partial charge in [-0.2, -0.15) is 0 Å². The van der Waals surface area contributed by atoms with Gasteiger partial charge in [0.15, 0.2) is 0 Å². The van der Waals surface area contributed by atoms with Crippen LogP contribution in [0.2, 0.25) is 0 Å². The fourth-order valence-electron chi connectivity index (χ4n) is 2.01. The van der Waals surface area contributed by atoms with Gasteiger partial charge >= 0.3 is 5.97 Å². The largest absolute Gasteiger partial charge is 0.465 e. The van der Waals surface area contributed by atoms with E-state index in [1.54, 1.807) is 24.0 Å². The predicted octanol–water partition coefficient (Wildman–Crippen LogP) is -0.282. The highest BCUT2D eigenvalue weighted by Crippen LogP contribution is 2.20. The van der Waals surface area contributed by atoms with Gasteiger partial charge in [0, 0.05) is 13.1 Å². The van der Waals surface area contributed by atoms with Gasteiger partial charge in [-0.1, -0.05) is 0 Å². The average Bonchev–Trinajstić information content (AvgIpc) is 2.68. The second-order valence-electron chi connectivity index (χ2n) is 4.33. The van der Waals surface area contributed by atoms with E-state index in [0.717, 1.165) is 0 Å². The number of aryl methyl sites for hydroxylation is 1. The molecule has 18 heavy (non-hydrogen) atoms. The Kier molecular flexibility index (Phi) is 3.49. The van der Waals surface area contributed by atoms with Gasteiger partial charge in [-0.3, -0.25) is 0 Å². The van der Waals surface area contributed by atoms with Crippen molar-refractivity contribution in [2.24, 2.45) is 0 Å². The second-order valence-corrected chi connectivity index (χ2v) is 4.33. The number of methoxy groups -OCH3 is 1. The zero-order chi connectivity index (χ0) is 13.3. The third-order valence-corrected chi connectivity index (χ3v) is 3.06. The average molecular weight is 252 g/mol. The van der Waals surface area contributed by atoms with E-state index in [1.165, 1.54) is 7.11 Å². The number of anilines is 1. The van der Waals surface area contributed by atoms with Crippen LogP contribution in [-0.4, -0.2) is 53.6 Å². The van der Waals surface area contributed by atoms with Crippen molar-refractivity contribution in [2.75, 3.05) is 25.1 Å². The standard InChI is InChI=1S/C12H16N2O4/c1-7-8(12(17)18-2)3-4-11(13-7)14-5-9(15)10(16)6-14/h3-4,9-10,15-16H,5-6H2,1-2H3. The maximum atomic E-state index is 11.4. The molecule has 1 aromatic heterocycles. The number of carbonyl (C=O) groups excluding carboxylic acids is 1. The van der Waals surface area contributed by atoms with E-state index in [1.807, 2.05) is 0 Å². The van der Waals surface area contributed by atoms with Crippen molar-refractivity contribution in [3.05, 3.63) is 23.4 Å². The number of hydrogen-bond acceptors (Lipinski definition) is 6. The Morgan fingerprint density at radius 2 is 2.00 bits per heavy atom. The quantitative estimate of drug-likeness (QED) is 0.704. The fourth-order valence-corrected chi connectivity index (χ4v) is 2.01. The van der Waals surface area contributed by atoms with Crippen LogP contribution in [0, 0.1) is 6.92 Å². The number of hydrogen-bond donors (Lipinski definition) is 2. The molecule has 6 heteroatoms. The summed E-state index contributed by atoms with van der Waals surface area (Å²) in [5.74, 6) is 0.212. The van der Waals surface area contributed by atoms with E-state index in [2.05, 4.69) is 9.72 Å². The number of β-amino-alcohol motifs (C(OH)–C–C–N with tert-alkyl or cyclic N) is 2. The number of rotatable bonds is 2. The number of esters is 1. The molecular weight excluding hydrogens is 236 g/mol. The van der Waals surface area contributed by atoms with Gasteiger partial charge in [0.25, 0.3) is 0 Å².